The van der Waals surface area contributed by atoms with E-state index in [1.54, 1.807) is 34.0 Å². The lowest BCUT2D eigenvalue weighted by Gasteiger charge is -2.04. The van der Waals surface area contributed by atoms with Crippen LogP contribution in [0.5, 0.6) is 0 Å². The Balaban J connectivity index is 2.01. The van der Waals surface area contributed by atoms with Crippen molar-refractivity contribution in [2.75, 3.05) is 0 Å². The van der Waals surface area contributed by atoms with E-state index in [1.807, 2.05) is 6.07 Å². The van der Waals surface area contributed by atoms with E-state index in [2.05, 4.69) is 40.4 Å². The minimum Gasteiger partial charge on any atom is -0.382 e. The average molecular weight is 345 g/mol. The van der Waals surface area contributed by atoms with Crippen LogP contribution in [0.15, 0.2) is 28.1 Å². The number of aliphatic hydroxyl groups is 1. The van der Waals surface area contributed by atoms with Gasteiger partial charge in [-0.3, -0.25) is 0 Å². The fourth-order valence-corrected chi connectivity index (χ4v) is 5.44. The molecule has 17 heavy (non-hydrogen) atoms. The van der Waals surface area contributed by atoms with Gasteiger partial charge < -0.3 is 5.11 Å². The lowest BCUT2D eigenvalue weighted by molar-refractivity contribution is 0.228. The van der Waals surface area contributed by atoms with Crippen LogP contribution in [0.2, 0.25) is 0 Å². The molecule has 0 aliphatic heterocycles. The van der Waals surface area contributed by atoms with Gasteiger partial charge in [0.15, 0.2) is 0 Å². The van der Waals surface area contributed by atoms with Gasteiger partial charge in [0.1, 0.15) is 6.10 Å². The fourth-order valence-electron chi connectivity index (χ4n) is 1.68. The summed E-state index contributed by atoms with van der Waals surface area (Å²) in [5.41, 5.74) is 0. The van der Waals surface area contributed by atoms with Crippen molar-refractivity contribution in [1.29, 1.82) is 0 Å². The molecule has 1 N–H and O–H groups in total. The molecule has 0 saturated heterocycles. The van der Waals surface area contributed by atoms with E-state index in [-0.39, 0.29) is 0 Å². The first-order chi connectivity index (χ1) is 8.15. The van der Waals surface area contributed by atoms with Gasteiger partial charge in [-0.1, -0.05) is 0 Å². The van der Waals surface area contributed by atoms with Crippen LogP contribution in [0, 0.1) is 6.92 Å². The molecule has 0 saturated carbocycles. The van der Waals surface area contributed by atoms with Crippen LogP contribution >= 0.6 is 49.9 Å². The number of rotatable bonds is 2. The summed E-state index contributed by atoms with van der Waals surface area (Å²) in [7, 11) is 0. The molecule has 1 atom stereocenters. The minimum absolute atomic E-state index is 0.491. The van der Waals surface area contributed by atoms with E-state index in [9.17, 15) is 5.11 Å². The van der Waals surface area contributed by atoms with Crippen LogP contribution in [0.25, 0.3) is 9.40 Å². The van der Waals surface area contributed by atoms with Gasteiger partial charge in [0.05, 0.1) is 0 Å². The third-order valence-electron chi connectivity index (χ3n) is 2.57. The number of aliphatic hydroxyl groups excluding tert-OH is 1. The highest BCUT2D eigenvalue weighted by atomic mass is 79.9. The van der Waals surface area contributed by atoms with Gasteiger partial charge in [0.2, 0.25) is 0 Å². The van der Waals surface area contributed by atoms with E-state index in [0.717, 1.165) is 14.2 Å². The summed E-state index contributed by atoms with van der Waals surface area (Å²) >= 11 is 8.53. The first-order valence-corrected chi connectivity index (χ1v) is 8.36. The standard InChI is InChI=1S/C12H9BrOS3/c1-6-7(13)4-10(16-6)12(14)11-5-9-8(17-11)2-3-15-9/h2-5,12,14H,1H3. The van der Waals surface area contributed by atoms with Gasteiger partial charge in [-0.2, -0.15) is 0 Å². The summed E-state index contributed by atoms with van der Waals surface area (Å²) in [6.07, 6.45) is -0.491. The second-order valence-corrected chi connectivity index (χ2v) is 7.96. The molecule has 1 nitrogen and oxygen atoms in total. The molecule has 0 aliphatic rings. The van der Waals surface area contributed by atoms with E-state index >= 15 is 0 Å². The fraction of sp³-hybridized carbons (Fsp3) is 0.167. The predicted octanol–water partition coefficient (Wildman–Crippen LogP) is 5.18. The highest BCUT2D eigenvalue weighted by Gasteiger charge is 2.17. The topological polar surface area (TPSA) is 20.2 Å². The second kappa shape index (κ2) is 4.48. The molecule has 0 aromatic carbocycles. The van der Waals surface area contributed by atoms with Crippen molar-refractivity contribution in [1.82, 2.24) is 0 Å². The molecular formula is C12H9BrOS3. The van der Waals surface area contributed by atoms with E-state index in [0.29, 0.717) is 0 Å². The van der Waals surface area contributed by atoms with Gasteiger partial charge in [0.25, 0.3) is 0 Å². The Morgan fingerprint density at radius 1 is 1.18 bits per heavy atom. The Bertz CT molecular complexity index is 616. The molecule has 88 valence electrons. The Morgan fingerprint density at radius 2 is 1.94 bits per heavy atom. The number of hydrogen-bond acceptors (Lipinski definition) is 4. The van der Waals surface area contributed by atoms with E-state index < -0.39 is 6.10 Å². The maximum Gasteiger partial charge on any atom is 0.122 e. The SMILES string of the molecule is Cc1sc(C(O)c2cc3sccc3s2)cc1Br. The summed E-state index contributed by atoms with van der Waals surface area (Å²) in [5, 5.41) is 12.4. The molecule has 0 spiro atoms. The van der Waals surface area contributed by atoms with Crippen LogP contribution in [0.3, 0.4) is 0 Å². The molecule has 3 rings (SSSR count). The molecule has 0 fully saturated rings. The Hall–Kier alpha value is -0.200. The van der Waals surface area contributed by atoms with Crippen molar-refractivity contribution in [2.24, 2.45) is 0 Å². The zero-order valence-electron chi connectivity index (χ0n) is 8.94. The highest BCUT2D eigenvalue weighted by molar-refractivity contribution is 9.10. The zero-order valence-corrected chi connectivity index (χ0v) is 13.0. The maximum atomic E-state index is 10.4. The molecule has 5 heteroatoms. The largest absolute Gasteiger partial charge is 0.382 e. The molecule has 3 aromatic rings. The van der Waals surface area contributed by atoms with Gasteiger partial charge in [-0.05, 0) is 46.4 Å². The second-order valence-electron chi connectivity index (χ2n) is 3.75. The van der Waals surface area contributed by atoms with Crippen LogP contribution in [-0.2, 0) is 0 Å². The number of thiophene rings is 3. The molecule has 0 bridgehead atoms. The summed E-state index contributed by atoms with van der Waals surface area (Å²) in [6, 6.07) is 6.22. The molecule has 0 radical (unpaired) electrons. The van der Waals surface area contributed by atoms with Gasteiger partial charge in [0, 0.05) is 28.5 Å². The molecule has 3 aromatic heterocycles. The molecule has 1 unspecified atom stereocenters. The monoisotopic (exact) mass is 344 g/mol. The highest BCUT2D eigenvalue weighted by Crippen LogP contribution is 2.39. The van der Waals surface area contributed by atoms with Gasteiger partial charge in [-0.15, -0.1) is 34.0 Å². The summed E-state index contributed by atoms with van der Waals surface area (Å²) in [6.45, 7) is 2.05. The summed E-state index contributed by atoms with van der Waals surface area (Å²) in [4.78, 5) is 3.24. The third kappa shape index (κ3) is 2.11. The summed E-state index contributed by atoms with van der Waals surface area (Å²) < 4.78 is 3.60. The third-order valence-corrected chi connectivity index (χ3v) is 6.91. The smallest absolute Gasteiger partial charge is 0.122 e. The molecule has 3 heterocycles. The van der Waals surface area contributed by atoms with Crippen molar-refractivity contribution >= 4 is 59.3 Å². The van der Waals surface area contributed by atoms with Gasteiger partial charge >= 0.3 is 0 Å². The predicted molar refractivity (Wildman–Crippen MR) is 80.5 cm³/mol. The molecular weight excluding hydrogens is 336 g/mol. The summed E-state index contributed by atoms with van der Waals surface area (Å²) in [5.74, 6) is 0. The Morgan fingerprint density at radius 3 is 2.59 bits per heavy atom. The lowest BCUT2D eigenvalue weighted by atomic mass is 10.2. The van der Waals surface area contributed by atoms with Crippen LogP contribution in [0.4, 0.5) is 0 Å². The normalized spacial score (nSPS) is 13.4. The van der Waals surface area contributed by atoms with Crippen molar-refractivity contribution < 1.29 is 5.11 Å². The van der Waals surface area contributed by atoms with E-state index in [1.165, 1.54) is 14.3 Å². The Kier molecular flexibility index (Phi) is 3.13. The average Bonchev–Trinajstić information content (AvgIpc) is 2.92. The first-order valence-electron chi connectivity index (χ1n) is 5.06. The van der Waals surface area contributed by atoms with Crippen LogP contribution in [-0.4, -0.2) is 5.11 Å². The number of aryl methyl sites for hydroxylation is 1. The van der Waals surface area contributed by atoms with Crippen molar-refractivity contribution in [3.8, 4) is 0 Å². The number of hydrogen-bond donors (Lipinski definition) is 1. The minimum atomic E-state index is -0.491. The van der Waals surface area contributed by atoms with Crippen LogP contribution in [0.1, 0.15) is 20.7 Å². The van der Waals surface area contributed by atoms with Crippen molar-refractivity contribution in [3.63, 3.8) is 0 Å². The number of fused-ring (bicyclic) bond motifs is 1. The van der Waals surface area contributed by atoms with Crippen molar-refractivity contribution in [3.05, 3.63) is 42.7 Å². The molecule has 0 amide bonds. The quantitative estimate of drug-likeness (QED) is 0.679. The van der Waals surface area contributed by atoms with E-state index in [4.69, 9.17) is 0 Å². The first kappa shape index (κ1) is 11.9. The maximum absolute atomic E-state index is 10.4. The number of halogens is 1. The lowest BCUT2D eigenvalue weighted by Crippen LogP contribution is -1.92. The zero-order chi connectivity index (χ0) is 12.0. The Labute approximate surface area is 119 Å². The molecule has 0 aliphatic carbocycles. The van der Waals surface area contributed by atoms with Crippen molar-refractivity contribution in [2.45, 2.75) is 13.0 Å². The van der Waals surface area contributed by atoms with Crippen LogP contribution < -0.4 is 0 Å². The van der Waals surface area contributed by atoms with Gasteiger partial charge in [-0.25, -0.2) is 0 Å².